The minimum atomic E-state index is -1.21. The minimum absolute atomic E-state index is 0. The molecule has 0 fully saturated rings. The molecule has 0 aliphatic rings. The summed E-state index contributed by atoms with van der Waals surface area (Å²) in [4.78, 5) is 23.0. The van der Waals surface area contributed by atoms with Crippen LogP contribution in [0.1, 0.15) is 85.3 Å². The topological polar surface area (TPSA) is 91.2 Å². The van der Waals surface area contributed by atoms with E-state index in [2.05, 4.69) is 47.7 Å². The van der Waals surface area contributed by atoms with Crippen LogP contribution in [0.4, 0.5) is 14.5 Å². The molecule has 9 heteroatoms. The fraction of sp³-hybridized carbons (Fsp3) is 0.341. The minimum Gasteiger partial charge on any atom is -0.512 e. The summed E-state index contributed by atoms with van der Waals surface area (Å²) in [6, 6.07) is 19.1. The van der Waals surface area contributed by atoms with Gasteiger partial charge in [-0.15, -0.1) is 29.1 Å². The molecule has 0 saturated carbocycles. The summed E-state index contributed by atoms with van der Waals surface area (Å²) in [7, 11) is 0. The van der Waals surface area contributed by atoms with Crippen molar-refractivity contribution in [1.29, 1.82) is 5.26 Å². The Kier molecular flexibility index (Phi) is 13.5. The number of rotatable bonds is 8. The van der Waals surface area contributed by atoms with Crippen LogP contribution in [0.3, 0.4) is 0 Å². The van der Waals surface area contributed by atoms with Gasteiger partial charge in [-0.25, -0.2) is 18.6 Å². The van der Waals surface area contributed by atoms with Crippen molar-refractivity contribution in [3.63, 3.8) is 0 Å². The summed E-state index contributed by atoms with van der Waals surface area (Å²) in [5, 5.41) is 23.1. The summed E-state index contributed by atoms with van der Waals surface area (Å²) in [5.74, 6) is -1.75. The predicted octanol–water partition coefficient (Wildman–Crippen LogP) is 11.3. The second-order valence-electron chi connectivity index (χ2n) is 13.1. The number of ketones is 1. The first-order valence-corrected chi connectivity index (χ1v) is 16.6. The van der Waals surface area contributed by atoms with Gasteiger partial charge < -0.3 is 5.11 Å². The van der Waals surface area contributed by atoms with Gasteiger partial charge in [-0.3, -0.25) is 9.78 Å². The second-order valence-corrected chi connectivity index (χ2v) is 13.1. The maximum absolute atomic E-state index is 15.4. The van der Waals surface area contributed by atoms with Crippen molar-refractivity contribution in [1.82, 2.24) is 9.97 Å². The maximum atomic E-state index is 15.4. The number of allylic oxidation sites excluding steroid dienone is 2. The quantitative estimate of drug-likeness (QED) is 0.0727. The van der Waals surface area contributed by atoms with Crippen LogP contribution in [0, 0.1) is 47.4 Å². The Bertz CT molecular complexity index is 2150. The molecular formula is C41H41F2IrN4O2-. The first kappa shape index (κ1) is 39.9. The molecule has 0 atom stereocenters. The van der Waals surface area contributed by atoms with E-state index in [1.165, 1.54) is 12.4 Å². The number of nitrogens with zero attached hydrogens (tertiary/aromatic N) is 4. The molecule has 0 saturated heterocycles. The molecule has 6 nitrogen and oxygen atoms in total. The Hall–Kier alpha value is -4.56. The summed E-state index contributed by atoms with van der Waals surface area (Å²) >= 11 is 0. The molecule has 5 rings (SSSR count). The Morgan fingerprint density at radius 2 is 1.60 bits per heavy atom. The molecule has 0 spiro atoms. The summed E-state index contributed by atoms with van der Waals surface area (Å²) in [5.41, 5.74) is -0.120. The van der Waals surface area contributed by atoms with Gasteiger partial charge in [0, 0.05) is 49.1 Å². The van der Waals surface area contributed by atoms with Gasteiger partial charge in [-0.05, 0) is 36.5 Å². The average Bonchev–Trinajstić information content (AvgIpc) is 3.08. The Labute approximate surface area is 306 Å². The van der Waals surface area contributed by atoms with Crippen LogP contribution in [-0.2, 0) is 30.3 Å². The molecule has 0 bridgehead atoms. The van der Waals surface area contributed by atoms with Gasteiger partial charge in [0.2, 0.25) is 0 Å². The van der Waals surface area contributed by atoms with Crippen LogP contribution in [0.2, 0.25) is 0 Å². The zero-order valence-electron chi connectivity index (χ0n) is 29.4. The molecule has 50 heavy (non-hydrogen) atoms. The predicted molar refractivity (Wildman–Crippen MR) is 192 cm³/mol. The Morgan fingerprint density at radius 1 is 1.00 bits per heavy atom. The molecule has 1 aromatic heterocycles. The largest absolute Gasteiger partial charge is 0.512 e. The van der Waals surface area contributed by atoms with Crippen LogP contribution in [-0.4, -0.2) is 20.9 Å². The van der Waals surface area contributed by atoms with E-state index in [-0.39, 0.29) is 65.5 Å². The van der Waals surface area contributed by atoms with Crippen molar-refractivity contribution in [3.8, 4) is 17.3 Å². The van der Waals surface area contributed by atoms with Crippen LogP contribution in [0.25, 0.3) is 48.6 Å². The molecule has 0 unspecified atom stereocenters. The maximum Gasteiger partial charge on any atom is 0.258 e. The van der Waals surface area contributed by atoms with Crippen molar-refractivity contribution in [2.75, 3.05) is 0 Å². The first-order chi connectivity index (χ1) is 23.3. The Morgan fingerprint density at radius 3 is 2.14 bits per heavy atom. The number of hydrogen-bond donors (Lipinski definition) is 1. The third-order valence-electron chi connectivity index (χ3n) is 9.04. The molecular weight excluding hydrogens is 811 g/mol. The van der Waals surface area contributed by atoms with Gasteiger partial charge in [0.1, 0.15) is 23.8 Å². The molecule has 1 radical (unpaired) electrons. The van der Waals surface area contributed by atoms with Crippen LogP contribution in [0.5, 0.6) is 0 Å². The van der Waals surface area contributed by atoms with E-state index in [4.69, 9.17) is 6.57 Å². The Balaban J connectivity index is 0.000000361. The van der Waals surface area contributed by atoms with Crippen LogP contribution < -0.4 is 0 Å². The molecule has 4 aromatic carbocycles. The van der Waals surface area contributed by atoms with Gasteiger partial charge in [0.25, 0.3) is 5.69 Å². The normalized spacial score (nSPS) is 11.7. The number of benzene rings is 4. The van der Waals surface area contributed by atoms with Crippen molar-refractivity contribution in [2.24, 2.45) is 11.8 Å². The fourth-order valence-electron chi connectivity index (χ4n) is 6.12. The van der Waals surface area contributed by atoms with Gasteiger partial charge in [-0.1, -0.05) is 95.1 Å². The smallest absolute Gasteiger partial charge is 0.258 e. The molecule has 1 heterocycles. The zero-order valence-corrected chi connectivity index (χ0v) is 31.8. The number of hydrogen-bond acceptors (Lipinski definition) is 5. The number of aliphatic hydroxyl groups excluding tert-OH is 1. The van der Waals surface area contributed by atoms with Crippen molar-refractivity contribution in [3.05, 3.63) is 101 Å². The van der Waals surface area contributed by atoms with Crippen molar-refractivity contribution >= 4 is 43.9 Å². The average molecular weight is 852 g/mol. The van der Waals surface area contributed by atoms with Gasteiger partial charge in [-0.2, -0.15) is 5.26 Å². The zero-order chi connectivity index (χ0) is 36.0. The standard InChI is InChI=1S/C28H17F2N4.C13H24O2.Ir/c1-28(2,3)21-12-18(10-17-9-15-7-5-6-8-16(15)11-19(17)21)25-22-24(30)27(32-4)23(29)20(13-31)26(22)34-14-33-25;1-5-10(6-2)12(14)9-13(15)11(7-3)8-4;/h5-9,11-12,14H,1-3H3;9-11,14H,5-8H2,1-4H3;/q-1;;/b;12-9-;. The van der Waals surface area contributed by atoms with Crippen LogP contribution in [0.15, 0.2) is 60.6 Å². The van der Waals surface area contributed by atoms with Gasteiger partial charge in [0.05, 0.1) is 17.8 Å². The third kappa shape index (κ3) is 8.07. The van der Waals surface area contributed by atoms with E-state index in [9.17, 15) is 19.6 Å². The van der Waals surface area contributed by atoms with Gasteiger partial charge >= 0.3 is 0 Å². The molecule has 0 amide bonds. The fourth-order valence-corrected chi connectivity index (χ4v) is 6.12. The van der Waals surface area contributed by atoms with E-state index in [0.717, 1.165) is 52.8 Å². The summed E-state index contributed by atoms with van der Waals surface area (Å²) < 4.78 is 30.0. The van der Waals surface area contributed by atoms with E-state index in [1.54, 1.807) is 6.07 Å². The number of fused-ring (bicyclic) bond motifs is 3. The number of aliphatic hydroxyl groups is 1. The van der Waals surface area contributed by atoms with Gasteiger partial charge in [0.15, 0.2) is 11.6 Å². The van der Waals surface area contributed by atoms with Crippen LogP contribution >= 0.6 is 0 Å². The summed E-state index contributed by atoms with van der Waals surface area (Å²) in [6.45, 7) is 21.6. The third-order valence-corrected chi connectivity index (χ3v) is 9.04. The van der Waals surface area contributed by atoms with E-state index >= 15 is 4.39 Å². The number of nitriles is 1. The number of halogens is 2. The molecule has 5 aromatic rings. The van der Waals surface area contributed by atoms with E-state index in [0.29, 0.717) is 5.56 Å². The first-order valence-electron chi connectivity index (χ1n) is 16.6. The SMILES string of the molecule is CCC(CC)C(=O)/C=C(\O)C(CC)CC.[C-]#[N+]c1c(F)c(C#N)c2ncnc(-c3[c-]c4cc5ccccc5cc4c(C(C)(C)C)c3)c2c1F.[Ir]. The molecule has 0 aliphatic heterocycles. The monoisotopic (exact) mass is 852 g/mol. The van der Waals surface area contributed by atoms with E-state index < -0.39 is 22.9 Å². The second kappa shape index (κ2) is 16.9. The molecule has 1 N–H and O–H groups in total. The van der Waals surface area contributed by atoms with Crippen molar-refractivity contribution < 1.29 is 38.8 Å². The van der Waals surface area contributed by atoms with E-state index in [1.807, 2.05) is 64.1 Å². The summed E-state index contributed by atoms with van der Waals surface area (Å²) in [6.07, 6.45) is 6.08. The number of aromatic nitrogens is 2. The molecule has 0 aliphatic carbocycles. The number of carbonyl (C=O) groups is 1. The molecule has 261 valence electrons. The van der Waals surface area contributed by atoms with Crippen molar-refractivity contribution in [2.45, 2.75) is 79.6 Å². The number of carbonyl (C=O) groups excluding carboxylic acids is 1.